The lowest BCUT2D eigenvalue weighted by molar-refractivity contribution is 0.572. The molecule has 4 heterocycles. The third-order valence-corrected chi connectivity index (χ3v) is 6.77. The second-order valence-corrected chi connectivity index (χ2v) is 9.46. The van der Waals surface area contributed by atoms with Crippen molar-refractivity contribution in [2.75, 3.05) is 0 Å². The van der Waals surface area contributed by atoms with E-state index in [0.717, 1.165) is 56.9 Å². The van der Waals surface area contributed by atoms with Crippen molar-refractivity contribution in [3.63, 3.8) is 0 Å². The molecule has 1 atom stereocenters. The quantitative estimate of drug-likeness (QED) is 0.356. The number of nitrogens with zero attached hydrogens (tertiary/aromatic N) is 6. The molecule has 1 N–H and O–H groups in total. The fourth-order valence-electron chi connectivity index (χ4n) is 4.53. The number of hydrogen-bond donors (Lipinski definition) is 1. The molecule has 1 aliphatic heterocycles. The highest BCUT2D eigenvalue weighted by molar-refractivity contribution is 9.10. The van der Waals surface area contributed by atoms with Crippen molar-refractivity contribution in [2.24, 2.45) is 0 Å². The van der Waals surface area contributed by atoms with E-state index in [9.17, 15) is 4.79 Å². The minimum Gasteiger partial charge on any atom is -0.340 e. The van der Waals surface area contributed by atoms with Crippen LogP contribution in [0.25, 0.3) is 28.1 Å². The number of H-pyrrole nitrogens is 1. The highest BCUT2D eigenvalue weighted by Crippen LogP contribution is 2.34. The van der Waals surface area contributed by atoms with Gasteiger partial charge in [-0.25, -0.2) is 4.98 Å². The summed E-state index contributed by atoms with van der Waals surface area (Å²) in [6, 6.07) is 17.0. The second kappa shape index (κ2) is 8.34. The van der Waals surface area contributed by atoms with Crippen LogP contribution in [0.4, 0.5) is 0 Å². The molecule has 5 aromatic rings. The standard InChI is InChI=1S/C24H17BrClN7O/c25-16-3-1-2-14(8-16)20-12-27-24(29-20)22-7-5-18-9-15(10-23(34)33(18)22)19-11-17(26)4-6-21(19)32-13-28-30-31-32/h1-4,6,8-13,22H,5,7H2,(H,27,29)/t22-/m0/s1. The van der Waals surface area contributed by atoms with Crippen LogP contribution in [0.1, 0.15) is 24.0 Å². The SMILES string of the molecule is O=c1cc(-c2cc(Cl)ccc2-n2cnnn2)cc2n1[C@H](c1ncc(-c3cccc(Br)c3)[nH]1)CC2. The molecule has 0 saturated carbocycles. The Morgan fingerprint density at radius 3 is 2.82 bits per heavy atom. The summed E-state index contributed by atoms with van der Waals surface area (Å²) in [6.45, 7) is 0. The predicted octanol–water partition coefficient (Wildman–Crippen LogP) is 4.83. The average molecular weight is 535 g/mol. The number of hydrogen-bond acceptors (Lipinski definition) is 5. The predicted molar refractivity (Wildman–Crippen MR) is 132 cm³/mol. The molecule has 8 nitrogen and oxygen atoms in total. The summed E-state index contributed by atoms with van der Waals surface area (Å²) in [7, 11) is 0. The highest BCUT2D eigenvalue weighted by atomic mass is 79.9. The molecule has 2 aromatic carbocycles. The molecule has 0 aliphatic carbocycles. The number of benzene rings is 2. The molecular formula is C24H17BrClN7O. The Balaban J connectivity index is 1.39. The van der Waals surface area contributed by atoms with Gasteiger partial charge in [0.1, 0.15) is 12.2 Å². The van der Waals surface area contributed by atoms with E-state index < -0.39 is 0 Å². The van der Waals surface area contributed by atoms with Crippen molar-refractivity contribution in [1.29, 1.82) is 0 Å². The minimum atomic E-state index is -0.143. The van der Waals surface area contributed by atoms with Crippen LogP contribution in [-0.2, 0) is 6.42 Å². The topological polar surface area (TPSA) is 94.3 Å². The molecule has 0 unspecified atom stereocenters. The molecular weight excluding hydrogens is 518 g/mol. The lowest BCUT2D eigenvalue weighted by Gasteiger charge is -2.15. The van der Waals surface area contributed by atoms with Crippen LogP contribution in [0.15, 0.2) is 76.4 Å². The van der Waals surface area contributed by atoms with E-state index in [1.807, 2.05) is 53.2 Å². The molecule has 0 spiro atoms. The van der Waals surface area contributed by atoms with Gasteiger partial charge in [0.2, 0.25) is 0 Å². The van der Waals surface area contributed by atoms with Gasteiger partial charge in [0, 0.05) is 32.4 Å². The zero-order chi connectivity index (χ0) is 23.2. The van der Waals surface area contributed by atoms with Crippen LogP contribution in [0, 0.1) is 0 Å². The van der Waals surface area contributed by atoms with E-state index in [0.29, 0.717) is 5.02 Å². The zero-order valence-corrected chi connectivity index (χ0v) is 20.0. The van der Waals surface area contributed by atoms with Crippen molar-refractivity contribution in [3.05, 3.63) is 98.5 Å². The van der Waals surface area contributed by atoms with Crippen LogP contribution in [0.3, 0.4) is 0 Å². The Hall–Kier alpha value is -3.56. The highest BCUT2D eigenvalue weighted by Gasteiger charge is 2.28. The fraction of sp³-hybridized carbons (Fsp3) is 0.125. The number of aromatic amines is 1. The summed E-state index contributed by atoms with van der Waals surface area (Å²) < 4.78 is 4.39. The number of nitrogens with one attached hydrogen (secondary N) is 1. The molecule has 3 aromatic heterocycles. The van der Waals surface area contributed by atoms with Gasteiger partial charge in [-0.1, -0.05) is 39.7 Å². The number of aryl methyl sites for hydroxylation is 1. The monoisotopic (exact) mass is 533 g/mol. The fourth-order valence-corrected chi connectivity index (χ4v) is 5.10. The minimum absolute atomic E-state index is 0.0851. The van der Waals surface area contributed by atoms with Gasteiger partial charge in [0.25, 0.3) is 5.56 Å². The maximum absolute atomic E-state index is 13.3. The first-order valence-corrected chi connectivity index (χ1v) is 11.8. The summed E-state index contributed by atoms with van der Waals surface area (Å²) in [5, 5.41) is 12.0. The van der Waals surface area contributed by atoms with Crippen LogP contribution in [0.2, 0.25) is 5.02 Å². The van der Waals surface area contributed by atoms with Gasteiger partial charge in [-0.15, -0.1) is 5.10 Å². The van der Waals surface area contributed by atoms with Gasteiger partial charge >= 0.3 is 0 Å². The third kappa shape index (κ3) is 3.66. The van der Waals surface area contributed by atoms with E-state index in [-0.39, 0.29) is 11.6 Å². The lowest BCUT2D eigenvalue weighted by Crippen LogP contribution is -2.23. The van der Waals surface area contributed by atoms with Gasteiger partial charge in [0.15, 0.2) is 0 Å². The molecule has 1 aliphatic rings. The van der Waals surface area contributed by atoms with E-state index in [1.165, 1.54) is 6.33 Å². The first-order chi connectivity index (χ1) is 16.6. The molecule has 34 heavy (non-hydrogen) atoms. The Morgan fingerprint density at radius 2 is 2.00 bits per heavy atom. The van der Waals surface area contributed by atoms with Crippen molar-refractivity contribution < 1.29 is 0 Å². The van der Waals surface area contributed by atoms with E-state index in [2.05, 4.69) is 41.4 Å². The first-order valence-electron chi connectivity index (χ1n) is 10.7. The summed E-state index contributed by atoms with van der Waals surface area (Å²) in [5.74, 6) is 0.778. The Morgan fingerprint density at radius 1 is 1.09 bits per heavy atom. The van der Waals surface area contributed by atoms with Crippen molar-refractivity contribution >= 4 is 27.5 Å². The van der Waals surface area contributed by atoms with Crippen LogP contribution in [-0.4, -0.2) is 34.7 Å². The van der Waals surface area contributed by atoms with Crippen LogP contribution < -0.4 is 5.56 Å². The van der Waals surface area contributed by atoms with E-state index in [4.69, 9.17) is 11.6 Å². The molecule has 0 radical (unpaired) electrons. The van der Waals surface area contributed by atoms with Crippen molar-refractivity contribution in [2.45, 2.75) is 18.9 Å². The summed E-state index contributed by atoms with van der Waals surface area (Å²) in [6.07, 6.45) is 4.89. The zero-order valence-electron chi connectivity index (χ0n) is 17.7. The molecule has 0 bridgehead atoms. The summed E-state index contributed by atoms with van der Waals surface area (Å²) in [5.41, 5.74) is 5.13. The van der Waals surface area contributed by atoms with Crippen LogP contribution in [0.5, 0.6) is 0 Å². The second-order valence-electron chi connectivity index (χ2n) is 8.11. The Kier molecular flexibility index (Phi) is 5.15. The summed E-state index contributed by atoms with van der Waals surface area (Å²) in [4.78, 5) is 21.4. The molecule has 0 saturated heterocycles. The average Bonchev–Trinajstić information content (AvgIpc) is 3.59. The Labute approximate surface area is 207 Å². The van der Waals surface area contributed by atoms with E-state index in [1.54, 1.807) is 16.8 Å². The largest absolute Gasteiger partial charge is 0.340 e. The number of pyridine rings is 1. The smallest absolute Gasteiger partial charge is 0.252 e. The Bertz CT molecular complexity index is 1570. The number of rotatable bonds is 4. The third-order valence-electron chi connectivity index (χ3n) is 6.05. The number of halogens is 2. The molecule has 0 amide bonds. The van der Waals surface area contributed by atoms with Crippen LogP contribution >= 0.6 is 27.5 Å². The summed E-state index contributed by atoms with van der Waals surface area (Å²) >= 11 is 9.80. The van der Waals surface area contributed by atoms with E-state index >= 15 is 0 Å². The van der Waals surface area contributed by atoms with Crippen molar-refractivity contribution in [1.82, 2.24) is 34.7 Å². The van der Waals surface area contributed by atoms with Crippen molar-refractivity contribution in [3.8, 4) is 28.1 Å². The molecule has 10 heteroatoms. The maximum Gasteiger partial charge on any atom is 0.252 e. The van der Waals surface area contributed by atoms with Gasteiger partial charge in [0.05, 0.1) is 23.6 Å². The number of tetrazole rings is 1. The maximum atomic E-state index is 13.3. The number of fused-ring (bicyclic) bond motifs is 1. The number of aromatic nitrogens is 7. The van der Waals surface area contributed by atoms with Gasteiger partial charge < -0.3 is 9.55 Å². The van der Waals surface area contributed by atoms with Gasteiger partial charge in [-0.2, -0.15) is 4.68 Å². The molecule has 6 rings (SSSR count). The van der Waals surface area contributed by atoms with Gasteiger partial charge in [-0.3, -0.25) is 4.79 Å². The molecule has 168 valence electrons. The molecule has 0 fully saturated rings. The van der Waals surface area contributed by atoms with Gasteiger partial charge in [-0.05, 0) is 65.2 Å². The lowest BCUT2D eigenvalue weighted by atomic mass is 10.0. The number of imidazole rings is 1. The normalized spacial score (nSPS) is 14.9. The first kappa shape index (κ1) is 21.0.